The van der Waals surface area contributed by atoms with Gasteiger partial charge in [0.05, 0.1) is 208 Å². The molecule has 2 atom stereocenters. The number of hydrogen-bond donors (Lipinski definition) is 4. The van der Waals surface area contributed by atoms with E-state index in [1.54, 1.807) is 36.4 Å². The molecule has 0 fully saturated rings. The molecule has 4 aromatic carbocycles. The van der Waals surface area contributed by atoms with Crippen molar-refractivity contribution >= 4 is 78.3 Å². The first-order valence-electron chi connectivity index (χ1n) is 34.7. The van der Waals surface area contributed by atoms with Crippen molar-refractivity contribution in [1.82, 2.24) is 29.9 Å². The Morgan fingerprint density at radius 1 is 0.359 bits per heavy atom. The van der Waals surface area contributed by atoms with Crippen molar-refractivity contribution in [3.05, 3.63) is 126 Å². The largest absolute Gasteiger partial charge is 0.379 e. The molecule has 2 heterocycles. The van der Waals surface area contributed by atoms with E-state index < -0.39 is 20.0 Å². The number of hydrogen-bond acceptors (Lipinski definition) is 23. The Labute approximate surface area is 627 Å². The monoisotopic (exact) mass is 1570 g/mol. The summed E-state index contributed by atoms with van der Waals surface area (Å²) in [4.78, 5) is 28.9. The number of nitrogens with one attached hydrogen (secondary N) is 4. The number of carbonyl (C=O) groups excluding carboxylic acids is 2. The van der Waals surface area contributed by atoms with Gasteiger partial charge in [0, 0.05) is 97.1 Å². The molecule has 2 aliphatic rings. The maximum Gasteiger partial charge on any atom is 0.240 e. The Balaban J connectivity index is 0.574. The summed E-state index contributed by atoms with van der Waals surface area (Å²) in [5.41, 5.74) is 6.12. The van der Waals surface area contributed by atoms with Crippen LogP contribution in [-0.4, -0.2) is 290 Å². The van der Waals surface area contributed by atoms with Crippen LogP contribution in [0.1, 0.15) is 58.1 Å². The number of halogens is 4. The normalized spacial score (nSPS) is 15.0. The van der Waals surface area contributed by atoms with Crippen LogP contribution in [0.25, 0.3) is 0 Å². The molecule has 4 aromatic rings. The van der Waals surface area contributed by atoms with E-state index in [4.69, 9.17) is 117 Å². The highest BCUT2D eigenvalue weighted by Crippen LogP contribution is 2.40. The molecule has 0 bridgehead atoms. The zero-order valence-electron chi connectivity index (χ0n) is 59.2. The van der Waals surface area contributed by atoms with E-state index in [0.29, 0.717) is 218 Å². The van der Waals surface area contributed by atoms with Crippen LogP contribution in [0.5, 0.6) is 0 Å². The summed E-state index contributed by atoms with van der Waals surface area (Å²) in [6.07, 6.45) is 0.438. The topological polar surface area (TPSA) is 295 Å². The molecule has 0 saturated heterocycles. The smallest absolute Gasteiger partial charge is 0.240 e. The molecule has 580 valence electrons. The minimum Gasteiger partial charge on any atom is -0.379 e. The van der Waals surface area contributed by atoms with Crippen LogP contribution >= 0.6 is 46.4 Å². The van der Waals surface area contributed by atoms with E-state index >= 15 is 0 Å². The van der Waals surface area contributed by atoms with Crippen LogP contribution in [0.4, 0.5) is 0 Å². The first-order chi connectivity index (χ1) is 50.0. The predicted octanol–water partition coefficient (Wildman–Crippen LogP) is 5.97. The highest BCUT2D eigenvalue weighted by Gasteiger charge is 2.30. The number of benzene rings is 4. The lowest BCUT2D eigenvalue weighted by molar-refractivity contribution is -0.123. The van der Waals surface area contributed by atoms with Crippen molar-refractivity contribution in [3.63, 3.8) is 0 Å². The van der Waals surface area contributed by atoms with Gasteiger partial charge in [0.25, 0.3) is 0 Å². The third-order valence-electron chi connectivity index (χ3n) is 15.8. The fourth-order valence-electron chi connectivity index (χ4n) is 10.7. The molecule has 0 spiro atoms. The van der Waals surface area contributed by atoms with Gasteiger partial charge in [-0.1, -0.05) is 70.7 Å². The van der Waals surface area contributed by atoms with Crippen LogP contribution in [0.2, 0.25) is 20.1 Å². The second-order valence-corrected chi connectivity index (χ2v) is 28.9. The molecule has 103 heavy (non-hydrogen) atoms. The summed E-state index contributed by atoms with van der Waals surface area (Å²) in [6, 6.07) is 21.1. The number of carbonyl (C=O) groups is 2. The van der Waals surface area contributed by atoms with Crippen LogP contribution < -0.4 is 20.1 Å². The average molecular weight is 1570 g/mol. The van der Waals surface area contributed by atoms with Crippen LogP contribution in [0.3, 0.4) is 0 Å². The van der Waals surface area contributed by atoms with Gasteiger partial charge in [-0.15, -0.1) is 0 Å². The van der Waals surface area contributed by atoms with Gasteiger partial charge in [0.15, 0.2) is 0 Å². The maximum atomic E-state index is 12.9. The number of amides is 2. The van der Waals surface area contributed by atoms with E-state index in [1.165, 1.54) is 0 Å². The molecular weight excluding hydrogens is 1470 g/mol. The van der Waals surface area contributed by atoms with Gasteiger partial charge in [-0.05, 0) is 96.0 Å². The molecule has 2 amide bonds. The van der Waals surface area contributed by atoms with Gasteiger partial charge in [-0.3, -0.25) is 9.59 Å². The zero-order valence-corrected chi connectivity index (χ0v) is 63.8. The molecule has 0 saturated carbocycles. The van der Waals surface area contributed by atoms with E-state index in [2.05, 4.69) is 29.9 Å². The lowest BCUT2D eigenvalue weighted by atomic mass is 9.85. The van der Waals surface area contributed by atoms with Crippen molar-refractivity contribution in [2.45, 2.75) is 47.6 Å². The fourth-order valence-corrected chi connectivity index (χ4v) is 13.8. The Morgan fingerprint density at radius 2 is 0.602 bits per heavy atom. The van der Waals surface area contributed by atoms with Gasteiger partial charge in [0.1, 0.15) is 0 Å². The lowest BCUT2D eigenvalue weighted by Gasteiger charge is -2.33. The Hall–Kier alpha value is -3.88. The molecule has 33 heteroatoms. The summed E-state index contributed by atoms with van der Waals surface area (Å²) < 4.78 is 140. The summed E-state index contributed by atoms with van der Waals surface area (Å²) >= 11 is 25.7. The predicted molar refractivity (Wildman–Crippen MR) is 390 cm³/mol. The number of nitrogens with zero attached hydrogens (tertiary/aromatic N) is 2. The number of likely N-dealkylation sites (N-methyl/N-ethyl adjacent to an activating group) is 2. The van der Waals surface area contributed by atoms with Gasteiger partial charge in [-0.2, -0.15) is 0 Å². The van der Waals surface area contributed by atoms with Crippen molar-refractivity contribution in [2.24, 2.45) is 0 Å². The van der Waals surface area contributed by atoms with Gasteiger partial charge in [-0.25, -0.2) is 26.3 Å². The molecular formula is C70H104Cl4N6O21S2. The third kappa shape index (κ3) is 36.3. The molecule has 0 aromatic heterocycles. The molecule has 4 N–H and O–H groups in total. The minimum atomic E-state index is -3.73. The fraction of sp³-hybridized carbons (Fsp3) is 0.629. The van der Waals surface area contributed by atoms with E-state index in [9.17, 15) is 26.4 Å². The average Bonchev–Trinajstić information content (AvgIpc) is 0.783. The summed E-state index contributed by atoms with van der Waals surface area (Å²) in [6.45, 7) is 14.6. The maximum absolute atomic E-state index is 12.9. The molecule has 6 rings (SSSR count). The minimum absolute atomic E-state index is 0.00641. The molecule has 0 aliphatic carbocycles. The number of sulfonamides is 2. The second kappa shape index (κ2) is 52.2. The van der Waals surface area contributed by atoms with Crippen LogP contribution in [0.15, 0.2) is 82.6 Å². The Kier molecular flexibility index (Phi) is 44.6. The van der Waals surface area contributed by atoms with Gasteiger partial charge >= 0.3 is 0 Å². The molecule has 0 radical (unpaired) electrons. The Morgan fingerprint density at radius 3 is 0.874 bits per heavy atom. The Bertz CT molecular complexity index is 3040. The first kappa shape index (κ1) is 88.0. The summed E-state index contributed by atoms with van der Waals surface area (Å²) in [7, 11) is -3.41. The SMILES string of the molecule is CN1Cc2c(Cl)cc(Cl)cc2C(c2ccc(S(=O)(=O)NCCOCCOCCOCCNC(=O)CCOCCOCCOCCOCCOCCOCCOCCOCCOCCC(=O)NCCOCCOCCOCCNS(=O)(=O)c3ccc(C4CN(C)Cc5c(Cl)cc(Cl)cc54)cc3)cc2)C1. The molecule has 2 unspecified atom stereocenters. The standard InChI is InChI=1S/C70H104Cl4N6O21S2/c1-79-51-63(61-47-57(71)49-67(73)65(61)53-79)55-3-7-59(8-4-55)102(83,84)77-15-21-91-27-33-95-31-25-89-19-13-75-69(81)11-17-87-23-29-93-35-37-97-39-41-99-43-45-101-46-44-100-42-40-98-38-36-94-30-24-88-18-12-70(82)76-14-20-90-26-32-96-34-28-92-22-16-78-103(85,86)60-9-5-56(6-10-60)64-52-80(2)54-66-62(64)48-58(72)50-68(66)74/h3-10,47-50,63-64,77-78H,11-46,51-54H2,1-2H3,(H,75,81)(H,76,82). The quantitative estimate of drug-likeness (QED) is 0.0370. The lowest BCUT2D eigenvalue weighted by Crippen LogP contribution is -2.31. The number of ether oxygens (including phenoxy) is 15. The second-order valence-electron chi connectivity index (χ2n) is 23.7. The van der Waals surface area contributed by atoms with E-state index in [-0.39, 0.29) is 85.8 Å². The third-order valence-corrected chi connectivity index (χ3v) is 19.9. The van der Waals surface area contributed by atoms with Gasteiger partial charge in [0.2, 0.25) is 31.9 Å². The molecule has 2 aliphatic heterocycles. The van der Waals surface area contributed by atoms with Crippen molar-refractivity contribution < 1.29 is 97.5 Å². The summed E-state index contributed by atoms with van der Waals surface area (Å²) in [5, 5.41) is 7.97. The van der Waals surface area contributed by atoms with Crippen molar-refractivity contribution in [3.8, 4) is 0 Å². The van der Waals surface area contributed by atoms with Gasteiger partial charge < -0.3 is 91.5 Å². The molecule has 27 nitrogen and oxygen atoms in total. The van der Waals surface area contributed by atoms with E-state index in [1.807, 2.05) is 50.5 Å². The zero-order chi connectivity index (χ0) is 73.6. The highest BCUT2D eigenvalue weighted by molar-refractivity contribution is 7.89. The number of fused-ring (bicyclic) bond motifs is 2. The van der Waals surface area contributed by atoms with Crippen molar-refractivity contribution in [2.75, 3.05) is 252 Å². The highest BCUT2D eigenvalue weighted by atomic mass is 35.5. The van der Waals surface area contributed by atoms with Crippen molar-refractivity contribution in [1.29, 1.82) is 0 Å². The number of rotatable bonds is 60. The van der Waals surface area contributed by atoms with Crippen LogP contribution in [0, 0.1) is 0 Å². The summed E-state index contributed by atoms with van der Waals surface area (Å²) in [5.74, 6) is -0.270. The first-order valence-corrected chi connectivity index (χ1v) is 39.2. The van der Waals surface area contributed by atoms with E-state index in [0.717, 1.165) is 46.5 Å². The van der Waals surface area contributed by atoms with Crippen LogP contribution in [-0.2, 0) is 114 Å².